The van der Waals surface area contributed by atoms with Crippen LogP contribution in [0.4, 0.5) is 10.2 Å². The maximum Gasteiger partial charge on any atom is 0.227 e. The van der Waals surface area contributed by atoms with Gasteiger partial charge in [-0.2, -0.15) is 5.26 Å². The molecule has 0 spiro atoms. The molecule has 0 radical (unpaired) electrons. The number of alkyl halides is 1. The number of amides is 1. The van der Waals surface area contributed by atoms with Gasteiger partial charge in [0.1, 0.15) is 11.7 Å². The average molecular weight is 365 g/mol. The molecule has 2 heterocycles. The van der Waals surface area contributed by atoms with Crippen molar-refractivity contribution in [3.05, 3.63) is 53.2 Å². The molecule has 4 rings (SSSR count). The van der Waals surface area contributed by atoms with E-state index in [1.165, 1.54) is 0 Å². The van der Waals surface area contributed by atoms with Crippen LogP contribution in [0.1, 0.15) is 29.7 Å². The Morgan fingerprint density at radius 1 is 1.07 bits per heavy atom. The monoisotopic (exact) mass is 365 g/mol. The van der Waals surface area contributed by atoms with Crippen molar-refractivity contribution in [1.82, 2.24) is 15.1 Å². The number of rotatable bonds is 4. The average Bonchev–Trinajstić information content (AvgIpc) is 3.47. The van der Waals surface area contributed by atoms with Crippen LogP contribution in [0.2, 0.25) is 0 Å². The quantitative estimate of drug-likeness (QED) is 0.830. The van der Waals surface area contributed by atoms with Crippen LogP contribution in [0.15, 0.2) is 36.4 Å². The van der Waals surface area contributed by atoms with E-state index in [-0.39, 0.29) is 5.91 Å². The minimum Gasteiger partial charge on any atom is -0.352 e. The van der Waals surface area contributed by atoms with Crippen LogP contribution in [0.25, 0.3) is 0 Å². The van der Waals surface area contributed by atoms with E-state index in [1.807, 2.05) is 23.1 Å². The molecule has 1 saturated heterocycles. The molecule has 1 aromatic heterocycles. The summed E-state index contributed by atoms with van der Waals surface area (Å²) in [6.45, 7) is 2.59. The lowest BCUT2D eigenvalue weighted by atomic mass is 10.0. The zero-order valence-corrected chi connectivity index (χ0v) is 14.9. The molecule has 2 aliphatic rings. The fourth-order valence-corrected chi connectivity index (χ4v) is 3.34. The zero-order valence-electron chi connectivity index (χ0n) is 14.9. The third kappa shape index (κ3) is 3.75. The van der Waals surface area contributed by atoms with Crippen LogP contribution in [-0.4, -0.2) is 47.2 Å². The summed E-state index contributed by atoms with van der Waals surface area (Å²) < 4.78 is 14.0. The van der Waals surface area contributed by atoms with Crippen molar-refractivity contribution >= 4 is 11.7 Å². The Kier molecular flexibility index (Phi) is 4.48. The van der Waals surface area contributed by atoms with Crippen LogP contribution in [0.5, 0.6) is 0 Å². The highest BCUT2D eigenvalue weighted by atomic mass is 19.1. The number of halogens is 1. The Morgan fingerprint density at radius 3 is 2.33 bits per heavy atom. The van der Waals surface area contributed by atoms with Crippen molar-refractivity contribution < 1.29 is 9.18 Å². The molecule has 1 aliphatic carbocycles. The summed E-state index contributed by atoms with van der Waals surface area (Å²) in [5.74, 6) is 0.798. The topological polar surface area (TPSA) is 73.1 Å². The first-order chi connectivity index (χ1) is 13.1. The first kappa shape index (κ1) is 17.4. The van der Waals surface area contributed by atoms with Gasteiger partial charge < -0.3 is 9.80 Å². The van der Waals surface area contributed by atoms with Gasteiger partial charge in [-0.1, -0.05) is 24.3 Å². The Labute approximate surface area is 157 Å². The van der Waals surface area contributed by atoms with E-state index in [2.05, 4.69) is 15.1 Å². The summed E-state index contributed by atoms with van der Waals surface area (Å²) in [6, 6.07) is 12.7. The van der Waals surface area contributed by atoms with Crippen LogP contribution in [0.3, 0.4) is 0 Å². The molecule has 2 fully saturated rings. The third-order valence-corrected chi connectivity index (χ3v) is 5.24. The molecular formula is C20H20FN5O. The molecule has 0 unspecified atom stereocenters. The largest absolute Gasteiger partial charge is 0.352 e. The number of nitrogens with zero attached hydrogens (tertiary/aromatic N) is 5. The molecule has 1 aliphatic heterocycles. The second-order valence-corrected chi connectivity index (χ2v) is 7.10. The number of piperazine rings is 1. The molecule has 6 nitrogen and oxygen atoms in total. The summed E-state index contributed by atoms with van der Waals surface area (Å²) >= 11 is 0. The van der Waals surface area contributed by atoms with E-state index in [0.29, 0.717) is 51.1 Å². The van der Waals surface area contributed by atoms with Crippen molar-refractivity contribution in [3.8, 4) is 6.07 Å². The summed E-state index contributed by atoms with van der Waals surface area (Å²) in [7, 11) is 0. The number of hydrogen-bond acceptors (Lipinski definition) is 5. The molecule has 1 aromatic carbocycles. The number of carbonyl (C=O) groups is 1. The van der Waals surface area contributed by atoms with E-state index in [1.54, 1.807) is 24.3 Å². The first-order valence-corrected chi connectivity index (χ1v) is 9.12. The van der Waals surface area contributed by atoms with E-state index in [4.69, 9.17) is 5.26 Å². The Morgan fingerprint density at radius 2 is 1.78 bits per heavy atom. The fourth-order valence-electron chi connectivity index (χ4n) is 3.34. The van der Waals surface area contributed by atoms with Crippen LogP contribution in [-0.2, 0) is 16.9 Å². The minimum absolute atomic E-state index is 0.0784. The minimum atomic E-state index is -1.13. The lowest BCUT2D eigenvalue weighted by Crippen LogP contribution is -2.49. The Balaban J connectivity index is 1.31. The van der Waals surface area contributed by atoms with Crippen molar-refractivity contribution in [1.29, 1.82) is 5.26 Å². The summed E-state index contributed by atoms with van der Waals surface area (Å²) in [6.07, 6.45) is 1.52. The number of anilines is 1. The van der Waals surface area contributed by atoms with Gasteiger partial charge in [0, 0.05) is 26.2 Å². The van der Waals surface area contributed by atoms with Gasteiger partial charge in [0.25, 0.3) is 0 Å². The molecule has 1 saturated carbocycles. The van der Waals surface area contributed by atoms with Gasteiger partial charge in [0.2, 0.25) is 5.91 Å². The third-order valence-electron chi connectivity index (χ3n) is 5.24. The smallest absolute Gasteiger partial charge is 0.227 e. The lowest BCUT2D eigenvalue weighted by Gasteiger charge is -2.35. The predicted octanol–water partition coefficient (Wildman–Crippen LogP) is 2.20. The number of carbonyl (C=O) groups excluding carboxylic acids is 1. The molecule has 2 aromatic rings. The number of nitriles is 1. The highest BCUT2D eigenvalue weighted by molar-refractivity contribution is 5.79. The van der Waals surface area contributed by atoms with E-state index >= 15 is 0 Å². The fraction of sp³-hybridized carbons (Fsp3) is 0.400. The van der Waals surface area contributed by atoms with Gasteiger partial charge in [-0.15, -0.1) is 10.2 Å². The molecule has 7 heteroatoms. The summed E-state index contributed by atoms with van der Waals surface area (Å²) in [5.41, 5.74) is 0.788. The van der Waals surface area contributed by atoms with Gasteiger partial charge in [0.05, 0.1) is 6.42 Å². The van der Waals surface area contributed by atoms with Gasteiger partial charge in [-0.25, -0.2) is 4.39 Å². The summed E-state index contributed by atoms with van der Waals surface area (Å²) in [4.78, 5) is 16.5. The van der Waals surface area contributed by atoms with Gasteiger partial charge in [-0.05, 0) is 36.1 Å². The Bertz CT molecular complexity index is 863. The van der Waals surface area contributed by atoms with Crippen LogP contribution < -0.4 is 4.90 Å². The van der Waals surface area contributed by atoms with Gasteiger partial charge in [0.15, 0.2) is 11.5 Å². The second-order valence-electron chi connectivity index (χ2n) is 7.10. The molecule has 0 N–H and O–H groups in total. The van der Waals surface area contributed by atoms with E-state index < -0.39 is 5.67 Å². The maximum absolute atomic E-state index is 14.0. The van der Waals surface area contributed by atoms with Gasteiger partial charge >= 0.3 is 0 Å². The molecule has 1 amide bonds. The zero-order chi connectivity index (χ0) is 18.9. The standard InChI is InChI=1S/C20H20FN5O/c21-20(7-8-20)16-3-1-15(2-4-16)13-19(27)26-11-9-25(10-12-26)18-6-5-17(14-22)23-24-18/h1-6H,7-13H2. The molecule has 0 bridgehead atoms. The lowest BCUT2D eigenvalue weighted by molar-refractivity contribution is -0.130. The normalized spacial score (nSPS) is 18.1. The predicted molar refractivity (Wildman–Crippen MR) is 97.7 cm³/mol. The molecule has 138 valence electrons. The number of aromatic nitrogens is 2. The van der Waals surface area contributed by atoms with Crippen LogP contribution in [0, 0.1) is 11.3 Å². The van der Waals surface area contributed by atoms with Crippen molar-refractivity contribution in [2.45, 2.75) is 24.9 Å². The highest BCUT2D eigenvalue weighted by Gasteiger charge is 2.44. The Hall–Kier alpha value is -3.01. The van der Waals surface area contributed by atoms with Crippen molar-refractivity contribution in [2.75, 3.05) is 31.1 Å². The SMILES string of the molecule is N#Cc1ccc(N2CCN(C(=O)Cc3ccc(C4(F)CC4)cc3)CC2)nn1. The number of hydrogen-bond donors (Lipinski definition) is 0. The highest BCUT2D eigenvalue weighted by Crippen LogP contribution is 2.49. The first-order valence-electron chi connectivity index (χ1n) is 9.12. The van der Waals surface area contributed by atoms with E-state index in [0.717, 1.165) is 16.9 Å². The van der Waals surface area contributed by atoms with Crippen molar-refractivity contribution in [3.63, 3.8) is 0 Å². The second kappa shape index (κ2) is 6.95. The summed E-state index contributed by atoms with van der Waals surface area (Å²) in [5, 5.41) is 16.7. The molecule has 0 atom stereocenters. The molecular weight excluding hydrogens is 345 g/mol. The van der Waals surface area contributed by atoms with Crippen LogP contribution >= 0.6 is 0 Å². The maximum atomic E-state index is 14.0. The van der Waals surface area contributed by atoms with Crippen molar-refractivity contribution in [2.24, 2.45) is 0 Å². The van der Waals surface area contributed by atoms with E-state index in [9.17, 15) is 9.18 Å². The molecule has 27 heavy (non-hydrogen) atoms. The van der Waals surface area contributed by atoms with Gasteiger partial charge in [-0.3, -0.25) is 4.79 Å². The number of benzene rings is 1.